The van der Waals surface area contributed by atoms with Crippen molar-refractivity contribution in [1.29, 1.82) is 0 Å². The predicted octanol–water partition coefficient (Wildman–Crippen LogP) is 2.63. The Hall–Kier alpha value is -1.40. The van der Waals surface area contributed by atoms with Crippen molar-refractivity contribution in [1.82, 2.24) is 4.98 Å². The molecule has 0 aliphatic carbocycles. The van der Waals surface area contributed by atoms with Crippen LogP contribution in [0.4, 0.5) is 27.8 Å². The first-order chi connectivity index (χ1) is 6.66. The number of anilines is 1. The topological polar surface area (TPSA) is 38.9 Å². The van der Waals surface area contributed by atoms with Crippen molar-refractivity contribution in [2.75, 3.05) is 5.73 Å². The summed E-state index contributed by atoms with van der Waals surface area (Å²) in [6.45, 7) is 1.46. The van der Waals surface area contributed by atoms with Crippen LogP contribution >= 0.6 is 0 Å². The van der Waals surface area contributed by atoms with Crippen LogP contribution in [0.15, 0.2) is 12.1 Å². The van der Waals surface area contributed by atoms with Crippen molar-refractivity contribution >= 4 is 5.82 Å². The molecule has 0 unspecified atom stereocenters. The lowest BCUT2D eigenvalue weighted by molar-refractivity contribution is -0.290. The van der Waals surface area contributed by atoms with Crippen molar-refractivity contribution in [3.8, 4) is 0 Å². The van der Waals surface area contributed by atoms with Crippen LogP contribution in [0.3, 0.4) is 0 Å². The SMILES string of the molecule is Cc1ccc(C(F)(F)C(F)(F)F)nc1N. The van der Waals surface area contributed by atoms with Crippen molar-refractivity contribution in [3.05, 3.63) is 23.4 Å². The molecule has 2 nitrogen and oxygen atoms in total. The summed E-state index contributed by atoms with van der Waals surface area (Å²) in [6, 6.07) is 1.68. The van der Waals surface area contributed by atoms with Gasteiger partial charge in [-0.2, -0.15) is 22.0 Å². The Kier molecular flexibility index (Phi) is 2.58. The number of alkyl halides is 5. The van der Waals surface area contributed by atoms with Crippen molar-refractivity contribution in [2.24, 2.45) is 0 Å². The maximum Gasteiger partial charge on any atom is 0.459 e. The molecule has 1 aromatic rings. The molecule has 0 atom stereocenters. The minimum Gasteiger partial charge on any atom is -0.383 e. The van der Waals surface area contributed by atoms with Gasteiger partial charge in [-0.15, -0.1) is 0 Å². The van der Waals surface area contributed by atoms with Crippen LogP contribution in [0.1, 0.15) is 11.3 Å². The van der Waals surface area contributed by atoms with E-state index < -0.39 is 17.8 Å². The highest BCUT2D eigenvalue weighted by Crippen LogP contribution is 2.43. The summed E-state index contributed by atoms with van der Waals surface area (Å²) in [5, 5.41) is 0. The van der Waals surface area contributed by atoms with Gasteiger partial charge in [0.25, 0.3) is 0 Å². The number of pyridine rings is 1. The number of nitrogens with zero attached hydrogens (tertiary/aromatic N) is 1. The first-order valence-corrected chi connectivity index (χ1v) is 3.84. The van der Waals surface area contributed by atoms with Crippen LogP contribution in [-0.4, -0.2) is 11.2 Å². The molecule has 1 aromatic heterocycles. The Bertz CT molecular complexity index is 372. The number of hydrogen-bond donors (Lipinski definition) is 1. The summed E-state index contributed by atoms with van der Waals surface area (Å²) in [5.41, 5.74) is 4.10. The van der Waals surface area contributed by atoms with Gasteiger partial charge in [-0.3, -0.25) is 0 Å². The Balaban J connectivity index is 3.22. The van der Waals surface area contributed by atoms with Crippen molar-refractivity contribution in [2.45, 2.75) is 19.0 Å². The molecule has 7 heteroatoms. The zero-order valence-corrected chi connectivity index (χ0v) is 7.57. The standard InChI is InChI=1S/C8H7F5N2/c1-4-2-3-5(15-6(4)14)7(9,10)8(11,12)13/h2-3H,1H3,(H2,14,15). The molecule has 0 saturated heterocycles. The Morgan fingerprint density at radius 3 is 2.07 bits per heavy atom. The third-order valence-corrected chi connectivity index (χ3v) is 1.81. The Labute approximate surface area is 81.9 Å². The minimum absolute atomic E-state index is 0.337. The molecule has 0 saturated carbocycles. The van der Waals surface area contributed by atoms with Gasteiger partial charge in [0.15, 0.2) is 0 Å². The molecule has 0 spiro atoms. The lowest BCUT2D eigenvalue weighted by Crippen LogP contribution is -2.34. The van der Waals surface area contributed by atoms with Gasteiger partial charge in [0.05, 0.1) is 0 Å². The molecule has 0 radical (unpaired) electrons. The molecule has 15 heavy (non-hydrogen) atoms. The van der Waals surface area contributed by atoms with Gasteiger partial charge in [0, 0.05) is 0 Å². The normalized spacial score (nSPS) is 12.9. The van der Waals surface area contributed by atoms with E-state index in [9.17, 15) is 22.0 Å². The monoisotopic (exact) mass is 226 g/mol. The third-order valence-electron chi connectivity index (χ3n) is 1.81. The molecule has 1 rings (SSSR count). The van der Waals surface area contributed by atoms with E-state index >= 15 is 0 Å². The largest absolute Gasteiger partial charge is 0.459 e. The van der Waals surface area contributed by atoms with Gasteiger partial charge in [0.2, 0.25) is 0 Å². The average Bonchev–Trinajstić information content (AvgIpc) is 2.07. The van der Waals surface area contributed by atoms with E-state index in [1.165, 1.54) is 6.92 Å². The van der Waals surface area contributed by atoms with Gasteiger partial charge in [-0.1, -0.05) is 6.07 Å². The van der Waals surface area contributed by atoms with Crippen LogP contribution in [-0.2, 0) is 5.92 Å². The van der Waals surface area contributed by atoms with Gasteiger partial charge >= 0.3 is 12.1 Å². The smallest absolute Gasteiger partial charge is 0.383 e. The number of hydrogen-bond acceptors (Lipinski definition) is 2. The summed E-state index contributed by atoms with van der Waals surface area (Å²) in [7, 11) is 0. The number of rotatable bonds is 1. The van der Waals surface area contributed by atoms with E-state index in [1.54, 1.807) is 0 Å². The van der Waals surface area contributed by atoms with Crippen LogP contribution in [0.2, 0.25) is 0 Å². The van der Waals surface area contributed by atoms with E-state index in [0.717, 1.165) is 6.07 Å². The molecule has 0 aliphatic rings. The molecule has 1 heterocycles. The summed E-state index contributed by atoms with van der Waals surface area (Å²) in [6.07, 6.45) is -5.66. The molecule has 0 bridgehead atoms. The second-order valence-corrected chi connectivity index (χ2v) is 2.97. The van der Waals surface area contributed by atoms with Crippen LogP contribution in [0.25, 0.3) is 0 Å². The quantitative estimate of drug-likeness (QED) is 0.747. The molecule has 0 amide bonds. The third kappa shape index (κ3) is 2.00. The fourth-order valence-electron chi connectivity index (χ4n) is 0.865. The highest BCUT2D eigenvalue weighted by molar-refractivity contribution is 5.39. The van der Waals surface area contributed by atoms with E-state index in [4.69, 9.17) is 5.73 Å². The summed E-state index contributed by atoms with van der Waals surface area (Å²) in [4.78, 5) is 3.02. The minimum atomic E-state index is -5.66. The van der Waals surface area contributed by atoms with Gasteiger partial charge in [-0.05, 0) is 18.6 Å². The maximum atomic E-state index is 12.7. The number of halogens is 5. The second kappa shape index (κ2) is 3.32. The molecular weight excluding hydrogens is 219 g/mol. The zero-order valence-electron chi connectivity index (χ0n) is 7.57. The fourth-order valence-corrected chi connectivity index (χ4v) is 0.865. The number of aryl methyl sites for hydroxylation is 1. The molecule has 0 aromatic carbocycles. The first kappa shape index (κ1) is 11.7. The summed E-state index contributed by atoms with van der Waals surface area (Å²) >= 11 is 0. The van der Waals surface area contributed by atoms with E-state index in [1.807, 2.05) is 0 Å². The predicted molar refractivity (Wildman–Crippen MR) is 43.3 cm³/mol. The molecule has 84 valence electrons. The van der Waals surface area contributed by atoms with Crippen LogP contribution < -0.4 is 5.73 Å². The Morgan fingerprint density at radius 1 is 1.13 bits per heavy atom. The average molecular weight is 226 g/mol. The van der Waals surface area contributed by atoms with Gasteiger partial charge in [-0.25, -0.2) is 4.98 Å². The van der Waals surface area contributed by atoms with E-state index in [-0.39, 0.29) is 5.82 Å². The Morgan fingerprint density at radius 2 is 1.67 bits per heavy atom. The first-order valence-electron chi connectivity index (χ1n) is 3.84. The molecular formula is C8H7F5N2. The molecule has 2 N–H and O–H groups in total. The highest BCUT2D eigenvalue weighted by atomic mass is 19.4. The molecule has 0 aliphatic heterocycles. The summed E-state index contributed by atoms with van der Waals surface area (Å²) < 4.78 is 61.2. The number of aromatic nitrogens is 1. The lowest BCUT2D eigenvalue weighted by atomic mass is 10.1. The van der Waals surface area contributed by atoms with Crippen LogP contribution in [0, 0.1) is 6.92 Å². The van der Waals surface area contributed by atoms with Crippen molar-refractivity contribution < 1.29 is 22.0 Å². The highest BCUT2D eigenvalue weighted by Gasteiger charge is 2.59. The van der Waals surface area contributed by atoms with Gasteiger partial charge < -0.3 is 5.73 Å². The number of nitrogens with two attached hydrogens (primary N) is 1. The van der Waals surface area contributed by atoms with Crippen molar-refractivity contribution in [3.63, 3.8) is 0 Å². The van der Waals surface area contributed by atoms with Gasteiger partial charge in [0.1, 0.15) is 11.5 Å². The molecule has 0 fully saturated rings. The van der Waals surface area contributed by atoms with E-state index in [0.29, 0.717) is 11.6 Å². The van der Waals surface area contributed by atoms with E-state index in [2.05, 4.69) is 4.98 Å². The zero-order chi connectivity index (χ0) is 11.9. The van der Waals surface area contributed by atoms with Crippen LogP contribution in [0.5, 0.6) is 0 Å². The fraction of sp³-hybridized carbons (Fsp3) is 0.375. The maximum absolute atomic E-state index is 12.7. The lowest BCUT2D eigenvalue weighted by Gasteiger charge is -2.19. The summed E-state index contributed by atoms with van der Waals surface area (Å²) in [5.74, 6) is -5.31. The second-order valence-electron chi connectivity index (χ2n) is 2.97. The number of nitrogen functional groups attached to an aromatic ring is 1.